The van der Waals surface area contributed by atoms with E-state index in [0.717, 1.165) is 44.9 Å². The normalized spacial score (nSPS) is 23.4. The van der Waals surface area contributed by atoms with Crippen molar-refractivity contribution >= 4 is 47.6 Å². The molecule has 0 bridgehead atoms. The molecule has 1 rings (SSSR count). The van der Waals surface area contributed by atoms with Gasteiger partial charge in [0.1, 0.15) is 0 Å². The van der Waals surface area contributed by atoms with Gasteiger partial charge < -0.3 is 22.1 Å². The van der Waals surface area contributed by atoms with Crippen LogP contribution in [-0.2, 0) is 26.9 Å². The van der Waals surface area contributed by atoms with Crippen molar-refractivity contribution in [2.75, 3.05) is 0 Å². The lowest BCUT2D eigenvalue weighted by molar-refractivity contribution is -0.135. The molecule has 6 atom stereocenters. The van der Waals surface area contributed by atoms with Crippen LogP contribution in [0, 0.1) is 11.8 Å². The number of rotatable bonds is 21. The number of hydrogen-bond donors (Lipinski definition) is 0. The van der Waals surface area contributed by atoms with Crippen molar-refractivity contribution in [3.8, 4) is 0 Å². The van der Waals surface area contributed by atoms with Crippen LogP contribution in [0.5, 0.6) is 0 Å². The molecule has 270 valence electrons. The summed E-state index contributed by atoms with van der Waals surface area (Å²) in [6.07, 6.45) is 17.3. The highest BCUT2D eigenvalue weighted by Crippen LogP contribution is 2.42. The van der Waals surface area contributed by atoms with Gasteiger partial charge in [-0.15, -0.1) is 0 Å². The predicted octanol–water partition coefficient (Wildman–Crippen LogP) is 10.7. The van der Waals surface area contributed by atoms with Crippen molar-refractivity contribution in [2.24, 2.45) is 11.8 Å². The Morgan fingerprint density at radius 3 is 1.78 bits per heavy atom. The van der Waals surface area contributed by atoms with Gasteiger partial charge in [0.25, 0.3) is 5.97 Å². The van der Waals surface area contributed by atoms with Gasteiger partial charge in [-0.3, -0.25) is 4.79 Å². The molecular formula is C35H74O6Si5. The van der Waals surface area contributed by atoms with E-state index in [-0.39, 0.29) is 36.3 Å². The first-order chi connectivity index (χ1) is 20.7. The summed E-state index contributed by atoms with van der Waals surface area (Å²) in [5, 5.41) is 0. The maximum absolute atomic E-state index is 12.2. The van der Waals surface area contributed by atoms with Crippen LogP contribution in [0.1, 0.15) is 58.3 Å². The largest absolute Gasteiger partial charge is 0.520 e. The number of allylic oxidation sites excluding steroid dienone is 2. The second kappa shape index (κ2) is 18.8. The molecule has 1 aliphatic rings. The molecule has 0 aliphatic heterocycles. The number of carbonyl (C=O) groups is 1. The van der Waals surface area contributed by atoms with Gasteiger partial charge >= 0.3 is 0 Å². The van der Waals surface area contributed by atoms with Crippen LogP contribution in [0.4, 0.5) is 0 Å². The van der Waals surface area contributed by atoms with E-state index >= 15 is 0 Å². The zero-order valence-corrected chi connectivity index (χ0v) is 37.9. The zero-order chi connectivity index (χ0) is 35.6. The molecule has 0 N–H and O–H groups in total. The quantitative estimate of drug-likeness (QED) is 0.0666. The van der Waals surface area contributed by atoms with E-state index in [2.05, 4.69) is 129 Å². The van der Waals surface area contributed by atoms with Crippen LogP contribution in [0.3, 0.4) is 0 Å². The van der Waals surface area contributed by atoms with Crippen molar-refractivity contribution < 1.29 is 26.9 Å². The van der Waals surface area contributed by atoms with Crippen LogP contribution in [-0.4, -0.2) is 72.0 Å². The van der Waals surface area contributed by atoms with Gasteiger partial charge in [0, 0.05) is 18.4 Å². The van der Waals surface area contributed by atoms with E-state index in [1.54, 1.807) is 0 Å². The summed E-state index contributed by atoms with van der Waals surface area (Å²) >= 11 is 0. The summed E-state index contributed by atoms with van der Waals surface area (Å²) in [7, 11) is -8.66. The topological polar surface area (TPSA) is 63.2 Å². The molecule has 6 nitrogen and oxygen atoms in total. The molecule has 0 heterocycles. The Hall–Kier alpha value is -0.126. The molecule has 0 amide bonds. The van der Waals surface area contributed by atoms with Crippen LogP contribution in [0.25, 0.3) is 0 Å². The van der Waals surface area contributed by atoms with Crippen LogP contribution < -0.4 is 0 Å². The molecule has 0 aromatic carbocycles. The lowest BCUT2D eigenvalue weighted by Crippen LogP contribution is -2.35. The van der Waals surface area contributed by atoms with Gasteiger partial charge in [0.15, 0.2) is 33.3 Å². The number of carbonyl (C=O) groups excluding carboxylic acids is 1. The number of hydrogen-bond acceptors (Lipinski definition) is 6. The summed E-state index contributed by atoms with van der Waals surface area (Å²) in [4.78, 5) is 12.2. The van der Waals surface area contributed by atoms with Crippen LogP contribution in [0.15, 0.2) is 24.3 Å². The second-order valence-electron chi connectivity index (χ2n) is 18.3. The molecule has 1 unspecified atom stereocenters. The summed E-state index contributed by atoms with van der Waals surface area (Å²) < 4.78 is 32.5. The molecule has 1 fully saturated rings. The monoisotopic (exact) mass is 730 g/mol. The van der Waals surface area contributed by atoms with Crippen molar-refractivity contribution in [1.29, 1.82) is 0 Å². The highest BCUT2D eigenvalue weighted by molar-refractivity contribution is 6.71. The van der Waals surface area contributed by atoms with E-state index in [0.29, 0.717) is 12.3 Å². The first-order valence-electron chi connectivity index (χ1n) is 18.0. The molecule has 0 aromatic rings. The highest BCUT2D eigenvalue weighted by atomic mass is 28.4. The van der Waals surface area contributed by atoms with E-state index in [1.807, 2.05) is 0 Å². The van der Waals surface area contributed by atoms with Crippen molar-refractivity contribution in [1.82, 2.24) is 0 Å². The SMILES string of the molecule is CC(CCC[C@@H](/C=C/[C@@H]1[C@@H](C/C=C\CCCC(=O)O[Si](C)(C)C)[C@@H](O[Si](C)(C)C)C[C@H]1O[Si](C)(C)C)O[Si](C)(C)C)O[Si](C)(C)C. The third-order valence-electron chi connectivity index (χ3n) is 7.33. The van der Waals surface area contributed by atoms with Crippen LogP contribution >= 0.6 is 0 Å². The third-order valence-corrected chi connectivity index (χ3v) is 12.3. The van der Waals surface area contributed by atoms with Crippen molar-refractivity contribution in [3.63, 3.8) is 0 Å². The fraction of sp³-hybridized carbons (Fsp3) is 0.857. The zero-order valence-electron chi connectivity index (χ0n) is 32.9. The molecule has 0 radical (unpaired) electrons. The molecule has 46 heavy (non-hydrogen) atoms. The fourth-order valence-electron chi connectivity index (χ4n) is 6.13. The van der Waals surface area contributed by atoms with Crippen molar-refractivity contribution in [3.05, 3.63) is 24.3 Å². The molecule has 0 saturated heterocycles. The van der Waals surface area contributed by atoms with Gasteiger partial charge in [-0.2, -0.15) is 0 Å². The first-order valence-corrected chi connectivity index (χ1v) is 35.0. The molecule has 0 aromatic heterocycles. The third kappa shape index (κ3) is 21.8. The fourth-order valence-corrected chi connectivity index (χ4v) is 11.7. The van der Waals surface area contributed by atoms with Crippen LogP contribution in [0.2, 0.25) is 98.2 Å². The number of unbranched alkanes of at least 4 members (excludes halogenated alkanes) is 1. The summed E-state index contributed by atoms with van der Waals surface area (Å²) in [6.45, 7) is 35.8. The molecule has 1 aliphatic carbocycles. The average Bonchev–Trinajstić information content (AvgIpc) is 3.08. The lowest BCUT2D eigenvalue weighted by Gasteiger charge is -2.30. The smallest absolute Gasteiger partial charge is 0.292 e. The second-order valence-corrected chi connectivity index (χ2v) is 40.6. The van der Waals surface area contributed by atoms with Gasteiger partial charge in [-0.1, -0.05) is 24.3 Å². The maximum Gasteiger partial charge on any atom is 0.292 e. The molecule has 11 heteroatoms. The Bertz CT molecular complexity index is 953. The lowest BCUT2D eigenvalue weighted by atomic mass is 9.89. The molecule has 1 saturated carbocycles. The maximum atomic E-state index is 12.2. The Balaban J connectivity index is 3.17. The Morgan fingerprint density at radius 1 is 0.696 bits per heavy atom. The van der Waals surface area contributed by atoms with E-state index in [9.17, 15) is 4.79 Å². The Labute approximate surface area is 290 Å². The van der Waals surface area contributed by atoms with Gasteiger partial charge in [-0.05, 0) is 156 Å². The highest BCUT2D eigenvalue weighted by Gasteiger charge is 2.45. The summed E-state index contributed by atoms with van der Waals surface area (Å²) in [5.41, 5.74) is 0. The van der Waals surface area contributed by atoms with E-state index in [4.69, 9.17) is 22.1 Å². The minimum atomic E-state index is -1.83. The Morgan fingerprint density at radius 2 is 1.26 bits per heavy atom. The standard InChI is InChI=1S/C35H74O6Si5/c1-29(37-42(2,3)4)22-21-23-30(38-43(5,6)7)26-27-32-31(24-19-17-18-20-25-35(36)41-46(14,15)16)33(39-44(8,9)10)28-34(32)40-45(11,12)13/h17,19,26-27,29-34H,18,20-25,28H2,1-16H3/b19-17-,27-26+/t29?,30-,31+,32+,33-,34+/m0/s1. The molecule has 0 spiro atoms. The Kier molecular flexibility index (Phi) is 17.9. The van der Waals surface area contributed by atoms with Gasteiger partial charge in [0.2, 0.25) is 8.32 Å². The minimum Gasteiger partial charge on any atom is -0.520 e. The van der Waals surface area contributed by atoms with Crippen molar-refractivity contribution in [2.45, 2.75) is 181 Å². The predicted molar refractivity (Wildman–Crippen MR) is 210 cm³/mol. The van der Waals surface area contributed by atoms with E-state index < -0.39 is 41.6 Å². The minimum absolute atomic E-state index is 0.0587. The first kappa shape index (κ1) is 43.9. The summed E-state index contributed by atoms with van der Waals surface area (Å²) in [5.74, 6) is 0.554. The molecular weight excluding hydrogens is 657 g/mol. The average molecular weight is 731 g/mol. The van der Waals surface area contributed by atoms with Gasteiger partial charge in [0.05, 0.1) is 18.3 Å². The van der Waals surface area contributed by atoms with Gasteiger partial charge in [-0.25, -0.2) is 0 Å². The van der Waals surface area contributed by atoms with E-state index in [1.165, 1.54) is 0 Å². The summed E-state index contributed by atoms with van der Waals surface area (Å²) in [6, 6.07) is 0.